The molecule has 5 nitrogen and oxygen atoms in total. The van der Waals surface area contributed by atoms with Crippen LogP contribution in [0.2, 0.25) is 0 Å². The van der Waals surface area contributed by atoms with Crippen LogP contribution in [0.1, 0.15) is 95.2 Å². The van der Waals surface area contributed by atoms with Gasteiger partial charge in [-0.1, -0.05) is 89.9 Å². The molecule has 1 aromatic heterocycles. The molecule has 2 heterocycles. The molecule has 1 N–H and O–H groups in total. The first-order chi connectivity index (χ1) is 19.7. The largest absolute Gasteiger partial charge is 0.508 e. The third-order valence-corrected chi connectivity index (χ3v) is 8.98. The SMILES string of the molecule is C=C(O)c1ccc2c(C(C)CCC)c3n(c2c1)CC(N(C)C(=O)C1CCCC(OC)C1)Cc1ccccc1-3.CCC. The van der Waals surface area contributed by atoms with Gasteiger partial charge in [-0.15, -0.1) is 0 Å². The fourth-order valence-electron chi connectivity index (χ4n) is 6.88. The van der Waals surface area contributed by atoms with Crippen molar-refractivity contribution in [2.45, 2.75) is 104 Å². The zero-order valence-electron chi connectivity index (χ0n) is 26.1. The third kappa shape index (κ3) is 6.40. The molecular formula is C36H50N2O3. The van der Waals surface area contributed by atoms with Crippen molar-refractivity contribution in [1.29, 1.82) is 0 Å². The van der Waals surface area contributed by atoms with Gasteiger partial charge in [-0.2, -0.15) is 0 Å². The summed E-state index contributed by atoms with van der Waals surface area (Å²) in [5, 5.41) is 11.5. The monoisotopic (exact) mass is 558 g/mol. The summed E-state index contributed by atoms with van der Waals surface area (Å²) in [5.74, 6) is 0.716. The molecule has 5 rings (SSSR count). The fourth-order valence-corrected chi connectivity index (χ4v) is 6.88. The van der Waals surface area contributed by atoms with E-state index < -0.39 is 0 Å². The molecule has 1 saturated carbocycles. The zero-order valence-corrected chi connectivity index (χ0v) is 26.1. The minimum atomic E-state index is 0.0162. The van der Waals surface area contributed by atoms with Gasteiger partial charge in [0.25, 0.3) is 0 Å². The lowest BCUT2D eigenvalue weighted by Crippen LogP contribution is -2.45. The summed E-state index contributed by atoms with van der Waals surface area (Å²) < 4.78 is 8.05. The average molecular weight is 559 g/mol. The van der Waals surface area contributed by atoms with Gasteiger partial charge in [-0.3, -0.25) is 4.79 Å². The molecular weight excluding hydrogens is 508 g/mol. The first kappa shape index (κ1) is 30.9. The van der Waals surface area contributed by atoms with Crippen LogP contribution in [0.15, 0.2) is 49.0 Å². The van der Waals surface area contributed by atoms with Crippen molar-refractivity contribution in [3.05, 3.63) is 65.7 Å². The van der Waals surface area contributed by atoms with Gasteiger partial charge >= 0.3 is 0 Å². The Morgan fingerprint density at radius 3 is 2.59 bits per heavy atom. The molecule has 0 spiro atoms. The van der Waals surface area contributed by atoms with Crippen LogP contribution in [0, 0.1) is 5.92 Å². The number of ether oxygens (including phenoxy) is 1. The summed E-state index contributed by atoms with van der Waals surface area (Å²) in [6.07, 6.45) is 8.28. The van der Waals surface area contributed by atoms with E-state index in [1.165, 1.54) is 34.2 Å². The number of methoxy groups -OCH3 is 1. The van der Waals surface area contributed by atoms with Crippen LogP contribution in [0.3, 0.4) is 0 Å². The number of fused-ring (bicyclic) bond motifs is 5. The maximum atomic E-state index is 13.8. The minimum Gasteiger partial charge on any atom is -0.508 e. The highest BCUT2D eigenvalue weighted by atomic mass is 16.5. The molecule has 3 aromatic rings. The van der Waals surface area contributed by atoms with Crippen LogP contribution in [0.25, 0.3) is 27.9 Å². The lowest BCUT2D eigenvalue weighted by atomic mass is 9.85. The van der Waals surface area contributed by atoms with Crippen molar-refractivity contribution in [3.63, 3.8) is 0 Å². The topological polar surface area (TPSA) is 54.7 Å². The number of aliphatic hydroxyl groups excluding tert-OH is 1. The summed E-state index contributed by atoms with van der Waals surface area (Å²) in [5.41, 5.74) is 7.01. The van der Waals surface area contributed by atoms with E-state index in [9.17, 15) is 9.90 Å². The van der Waals surface area contributed by atoms with Gasteiger partial charge < -0.3 is 19.3 Å². The van der Waals surface area contributed by atoms with Crippen molar-refractivity contribution in [2.24, 2.45) is 5.92 Å². The van der Waals surface area contributed by atoms with Crippen molar-refractivity contribution < 1.29 is 14.6 Å². The van der Waals surface area contributed by atoms with Gasteiger partial charge in [0, 0.05) is 48.6 Å². The number of amides is 1. The molecule has 0 saturated heterocycles. The fraction of sp³-hybridized carbons (Fsp3) is 0.528. The zero-order chi connectivity index (χ0) is 29.7. The van der Waals surface area contributed by atoms with Crippen LogP contribution in [0.4, 0.5) is 0 Å². The van der Waals surface area contributed by atoms with Gasteiger partial charge in [0.05, 0.1) is 17.8 Å². The summed E-state index contributed by atoms with van der Waals surface area (Å²) in [4.78, 5) is 15.8. The maximum Gasteiger partial charge on any atom is 0.225 e. The summed E-state index contributed by atoms with van der Waals surface area (Å²) in [7, 11) is 3.75. The number of carbonyl (C=O) groups is 1. The van der Waals surface area contributed by atoms with E-state index >= 15 is 0 Å². The van der Waals surface area contributed by atoms with E-state index in [4.69, 9.17) is 4.74 Å². The second-order valence-corrected chi connectivity index (χ2v) is 12.1. The molecule has 5 heteroatoms. The highest BCUT2D eigenvalue weighted by molar-refractivity contribution is 5.95. The molecule has 1 amide bonds. The number of carbonyl (C=O) groups excluding carboxylic acids is 1. The molecule has 1 aliphatic carbocycles. The second-order valence-electron chi connectivity index (χ2n) is 12.1. The van der Waals surface area contributed by atoms with E-state index in [-0.39, 0.29) is 29.7 Å². The van der Waals surface area contributed by atoms with Crippen LogP contribution in [-0.4, -0.2) is 46.8 Å². The summed E-state index contributed by atoms with van der Waals surface area (Å²) >= 11 is 0. The van der Waals surface area contributed by atoms with E-state index in [0.29, 0.717) is 12.5 Å². The molecule has 2 aliphatic rings. The highest BCUT2D eigenvalue weighted by Crippen LogP contribution is 2.44. The summed E-state index contributed by atoms with van der Waals surface area (Å²) in [6.45, 7) is 13.3. The number of benzene rings is 2. The number of aromatic nitrogens is 1. The number of hydrogen-bond donors (Lipinski definition) is 1. The Morgan fingerprint density at radius 1 is 1.17 bits per heavy atom. The predicted octanol–water partition coefficient (Wildman–Crippen LogP) is 8.75. The van der Waals surface area contributed by atoms with Crippen molar-refractivity contribution in [3.8, 4) is 11.3 Å². The van der Waals surface area contributed by atoms with Crippen LogP contribution >= 0.6 is 0 Å². The normalized spacial score (nSPS) is 20.7. The Labute approximate surface area is 247 Å². The van der Waals surface area contributed by atoms with Crippen LogP contribution < -0.4 is 0 Å². The molecule has 4 atom stereocenters. The van der Waals surface area contributed by atoms with Crippen molar-refractivity contribution >= 4 is 22.6 Å². The predicted molar refractivity (Wildman–Crippen MR) is 171 cm³/mol. The van der Waals surface area contributed by atoms with Gasteiger partial charge in [0.15, 0.2) is 0 Å². The molecule has 0 bridgehead atoms. The lowest BCUT2D eigenvalue weighted by molar-refractivity contribution is -0.139. The Hall–Kier alpha value is -3.05. The maximum absolute atomic E-state index is 13.8. The van der Waals surface area contributed by atoms with E-state index in [1.807, 2.05) is 18.0 Å². The first-order valence-corrected chi connectivity index (χ1v) is 15.7. The summed E-state index contributed by atoms with van der Waals surface area (Å²) in [6, 6.07) is 14.9. The van der Waals surface area contributed by atoms with Crippen molar-refractivity contribution in [2.75, 3.05) is 14.2 Å². The van der Waals surface area contributed by atoms with Crippen LogP contribution in [-0.2, 0) is 22.5 Å². The number of hydrogen-bond acceptors (Lipinski definition) is 3. The lowest BCUT2D eigenvalue weighted by Gasteiger charge is -2.34. The molecule has 4 unspecified atom stereocenters. The molecule has 1 aliphatic heterocycles. The number of likely N-dealkylation sites (N-methyl/N-ethyl adjacent to an activating group) is 1. The molecule has 1 fully saturated rings. The number of aliphatic hydroxyl groups is 1. The Morgan fingerprint density at radius 2 is 1.90 bits per heavy atom. The standard InChI is InChI=1S/C33H42N2O3.C3H8/c1-6-10-21(2)31-29-16-15-23(22(3)36)19-30(29)35-20-26(17-24-11-7-8-14-28(24)32(31)35)34(4)33(37)25-12-9-13-27(18-25)38-5;1-3-2/h7-8,11,14-16,19,21,25-27,36H,3,6,9-10,12-13,17-18,20H2,1-2,4-5H3;3H2,1-2H3. The Kier molecular flexibility index (Phi) is 10.4. The van der Waals surface area contributed by atoms with Gasteiger partial charge in [0.2, 0.25) is 5.91 Å². The van der Waals surface area contributed by atoms with E-state index in [2.05, 4.69) is 75.2 Å². The third-order valence-electron chi connectivity index (χ3n) is 8.98. The van der Waals surface area contributed by atoms with Gasteiger partial charge in [0.1, 0.15) is 5.76 Å². The number of rotatable bonds is 7. The van der Waals surface area contributed by atoms with Crippen molar-refractivity contribution in [1.82, 2.24) is 9.47 Å². The van der Waals surface area contributed by atoms with E-state index in [0.717, 1.165) is 56.0 Å². The second kappa shape index (κ2) is 13.7. The van der Waals surface area contributed by atoms with Crippen LogP contribution in [0.5, 0.6) is 0 Å². The minimum absolute atomic E-state index is 0.0162. The number of nitrogens with zero attached hydrogens (tertiary/aromatic N) is 2. The van der Waals surface area contributed by atoms with E-state index in [1.54, 1.807) is 7.11 Å². The smallest absolute Gasteiger partial charge is 0.225 e. The molecule has 41 heavy (non-hydrogen) atoms. The molecule has 222 valence electrons. The van der Waals surface area contributed by atoms with Gasteiger partial charge in [-0.05, 0) is 55.2 Å². The highest BCUT2D eigenvalue weighted by Gasteiger charge is 2.35. The molecule has 0 radical (unpaired) electrons. The average Bonchev–Trinajstić information content (AvgIpc) is 3.19. The van der Waals surface area contributed by atoms with Gasteiger partial charge in [-0.25, -0.2) is 0 Å². The Balaban J connectivity index is 0.00000124. The molecule has 2 aromatic carbocycles. The first-order valence-electron chi connectivity index (χ1n) is 15.7. The Bertz CT molecular complexity index is 1360. The quantitative estimate of drug-likeness (QED) is 0.295.